The molecule has 0 nitrogen and oxygen atoms in total. The van der Waals surface area contributed by atoms with E-state index in [-0.39, 0.29) is 0 Å². The van der Waals surface area contributed by atoms with Crippen LogP contribution in [0.1, 0.15) is 51.0 Å². The third-order valence-corrected chi connectivity index (χ3v) is 6.54. The van der Waals surface area contributed by atoms with Gasteiger partial charge in [0.05, 0.1) is 0 Å². The van der Waals surface area contributed by atoms with Crippen molar-refractivity contribution in [3.05, 3.63) is 71.8 Å². The van der Waals surface area contributed by atoms with Gasteiger partial charge >= 0.3 is 0 Å². The SMILES string of the molecule is CC[C@H]1CC[C@H](CCc2ccc3cc(-c4ccc(F)c(F)c4)ccc3c2)CC1. The van der Waals surface area contributed by atoms with Crippen LogP contribution in [-0.2, 0) is 6.42 Å². The second-order valence-corrected chi connectivity index (χ2v) is 8.36. The van der Waals surface area contributed by atoms with Crippen molar-refractivity contribution in [3.8, 4) is 11.1 Å². The van der Waals surface area contributed by atoms with Gasteiger partial charge in [-0.05, 0) is 70.3 Å². The number of fused-ring (bicyclic) bond motifs is 1. The maximum absolute atomic E-state index is 13.5. The molecule has 0 heterocycles. The minimum Gasteiger partial charge on any atom is -0.204 e. The lowest BCUT2D eigenvalue weighted by molar-refractivity contribution is 0.259. The van der Waals surface area contributed by atoms with Crippen LogP contribution < -0.4 is 0 Å². The van der Waals surface area contributed by atoms with Crippen molar-refractivity contribution in [2.45, 2.75) is 51.9 Å². The number of halogens is 2. The number of benzene rings is 3. The Bertz CT molecular complexity index is 952. The molecule has 3 aromatic rings. The molecule has 28 heavy (non-hydrogen) atoms. The summed E-state index contributed by atoms with van der Waals surface area (Å²) in [4.78, 5) is 0. The summed E-state index contributed by atoms with van der Waals surface area (Å²) in [5.41, 5.74) is 3.00. The number of hydrogen-bond acceptors (Lipinski definition) is 0. The molecule has 1 saturated carbocycles. The summed E-state index contributed by atoms with van der Waals surface area (Å²) in [5.74, 6) is 0.230. The van der Waals surface area contributed by atoms with E-state index in [2.05, 4.69) is 37.3 Å². The highest BCUT2D eigenvalue weighted by molar-refractivity contribution is 5.87. The molecule has 0 bridgehead atoms. The Balaban J connectivity index is 1.45. The Morgan fingerprint density at radius 3 is 2.11 bits per heavy atom. The van der Waals surface area contributed by atoms with E-state index in [0.29, 0.717) is 5.56 Å². The van der Waals surface area contributed by atoms with Crippen molar-refractivity contribution in [3.63, 3.8) is 0 Å². The van der Waals surface area contributed by atoms with Crippen LogP contribution >= 0.6 is 0 Å². The number of rotatable bonds is 5. The summed E-state index contributed by atoms with van der Waals surface area (Å²) in [6.07, 6.45) is 9.37. The minimum absolute atomic E-state index is 0.701. The Morgan fingerprint density at radius 1 is 0.714 bits per heavy atom. The van der Waals surface area contributed by atoms with E-state index in [0.717, 1.165) is 29.2 Å². The van der Waals surface area contributed by atoms with Crippen molar-refractivity contribution < 1.29 is 8.78 Å². The van der Waals surface area contributed by atoms with Crippen LogP contribution in [0.5, 0.6) is 0 Å². The van der Waals surface area contributed by atoms with E-state index in [1.165, 1.54) is 61.6 Å². The van der Waals surface area contributed by atoms with Gasteiger partial charge in [-0.3, -0.25) is 0 Å². The van der Waals surface area contributed by atoms with Gasteiger partial charge in [0.2, 0.25) is 0 Å². The third kappa shape index (κ3) is 4.27. The molecule has 1 aliphatic carbocycles. The highest BCUT2D eigenvalue weighted by atomic mass is 19.2. The molecule has 2 heteroatoms. The predicted molar refractivity (Wildman–Crippen MR) is 113 cm³/mol. The van der Waals surface area contributed by atoms with Gasteiger partial charge in [-0.25, -0.2) is 8.78 Å². The van der Waals surface area contributed by atoms with Gasteiger partial charge in [-0.1, -0.05) is 75.4 Å². The Labute approximate surface area is 166 Å². The fraction of sp³-hybridized carbons (Fsp3) is 0.385. The first kappa shape index (κ1) is 19.1. The monoisotopic (exact) mass is 378 g/mol. The smallest absolute Gasteiger partial charge is 0.159 e. The van der Waals surface area contributed by atoms with Crippen molar-refractivity contribution in [1.29, 1.82) is 0 Å². The Morgan fingerprint density at radius 2 is 1.36 bits per heavy atom. The largest absolute Gasteiger partial charge is 0.204 e. The van der Waals surface area contributed by atoms with Crippen LogP contribution in [0.3, 0.4) is 0 Å². The van der Waals surface area contributed by atoms with E-state index < -0.39 is 11.6 Å². The van der Waals surface area contributed by atoms with Gasteiger partial charge in [-0.15, -0.1) is 0 Å². The lowest BCUT2D eigenvalue weighted by atomic mass is 9.78. The van der Waals surface area contributed by atoms with Gasteiger partial charge in [0.15, 0.2) is 11.6 Å². The average molecular weight is 379 g/mol. The first-order valence-electron chi connectivity index (χ1n) is 10.6. The van der Waals surface area contributed by atoms with Crippen LogP contribution in [0.4, 0.5) is 8.78 Å². The Hall–Kier alpha value is -2.22. The van der Waals surface area contributed by atoms with Gasteiger partial charge in [0, 0.05) is 0 Å². The zero-order valence-corrected chi connectivity index (χ0v) is 16.6. The molecule has 0 saturated heterocycles. The van der Waals surface area contributed by atoms with Crippen LogP contribution in [0.25, 0.3) is 21.9 Å². The molecule has 0 aromatic heterocycles. The molecule has 0 spiro atoms. The van der Waals surface area contributed by atoms with Crippen LogP contribution in [0, 0.1) is 23.5 Å². The van der Waals surface area contributed by atoms with E-state index >= 15 is 0 Å². The average Bonchev–Trinajstić information content (AvgIpc) is 2.74. The van der Waals surface area contributed by atoms with Gasteiger partial charge in [0.1, 0.15) is 0 Å². The number of aryl methyl sites for hydroxylation is 1. The molecule has 146 valence electrons. The topological polar surface area (TPSA) is 0 Å². The highest BCUT2D eigenvalue weighted by Crippen LogP contribution is 2.33. The molecular formula is C26H28F2. The molecule has 1 fully saturated rings. The lowest BCUT2D eigenvalue weighted by Gasteiger charge is -2.27. The van der Waals surface area contributed by atoms with E-state index in [1.807, 2.05) is 6.07 Å². The second kappa shape index (κ2) is 8.43. The maximum Gasteiger partial charge on any atom is 0.159 e. The van der Waals surface area contributed by atoms with Crippen molar-refractivity contribution in [1.82, 2.24) is 0 Å². The summed E-state index contributed by atoms with van der Waals surface area (Å²) in [5, 5.41) is 2.34. The van der Waals surface area contributed by atoms with Gasteiger partial charge in [-0.2, -0.15) is 0 Å². The highest BCUT2D eigenvalue weighted by Gasteiger charge is 2.19. The fourth-order valence-electron chi connectivity index (χ4n) is 4.61. The van der Waals surface area contributed by atoms with Crippen LogP contribution in [0.15, 0.2) is 54.6 Å². The summed E-state index contributed by atoms with van der Waals surface area (Å²) < 4.78 is 26.7. The quantitative estimate of drug-likeness (QED) is 0.423. The second-order valence-electron chi connectivity index (χ2n) is 8.36. The molecule has 0 unspecified atom stereocenters. The molecule has 0 atom stereocenters. The first-order valence-corrected chi connectivity index (χ1v) is 10.6. The zero-order chi connectivity index (χ0) is 19.5. The summed E-state index contributed by atoms with van der Waals surface area (Å²) in [7, 11) is 0. The van der Waals surface area contributed by atoms with E-state index in [9.17, 15) is 8.78 Å². The molecule has 4 rings (SSSR count). The minimum atomic E-state index is -0.808. The standard InChI is InChI=1S/C26H28F2/c1-2-18-3-5-19(6-4-18)7-8-20-9-10-22-16-23(12-11-21(22)15-20)24-13-14-25(27)26(28)17-24/h9-19H,2-8H2,1H3/t18-,19-. The Kier molecular flexibility index (Phi) is 5.75. The van der Waals surface area contributed by atoms with E-state index in [1.54, 1.807) is 6.07 Å². The van der Waals surface area contributed by atoms with Crippen LogP contribution in [-0.4, -0.2) is 0 Å². The maximum atomic E-state index is 13.5. The molecule has 0 amide bonds. The number of hydrogen-bond donors (Lipinski definition) is 0. The third-order valence-electron chi connectivity index (χ3n) is 6.54. The fourth-order valence-corrected chi connectivity index (χ4v) is 4.61. The molecule has 1 aliphatic rings. The van der Waals surface area contributed by atoms with E-state index in [4.69, 9.17) is 0 Å². The summed E-state index contributed by atoms with van der Waals surface area (Å²) in [6.45, 7) is 2.32. The molecule has 0 N–H and O–H groups in total. The molecule has 0 aliphatic heterocycles. The molecule has 3 aromatic carbocycles. The lowest BCUT2D eigenvalue weighted by Crippen LogP contribution is -2.14. The van der Waals surface area contributed by atoms with Gasteiger partial charge in [0.25, 0.3) is 0 Å². The summed E-state index contributed by atoms with van der Waals surface area (Å²) in [6, 6.07) is 16.9. The van der Waals surface area contributed by atoms with Crippen LogP contribution in [0.2, 0.25) is 0 Å². The summed E-state index contributed by atoms with van der Waals surface area (Å²) >= 11 is 0. The molecular weight excluding hydrogens is 350 g/mol. The normalized spacial score (nSPS) is 19.8. The molecule has 0 radical (unpaired) electrons. The van der Waals surface area contributed by atoms with Gasteiger partial charge < -0.3 is 0 Å². The predicted octanol–water partition coefficient (Wildman–Crippen LogP) is 7.93. The van der Waals surface area contributed by atoms with Crippen molar-refractivity contribution in [2.24, 2.45) is 11.8 Å². The van der Waals surface area contributed by atoms with Crippen molar-refractivity contribution >= 4 is 10.8 Å². The zero-order valence-electron chi connectivity index (χ0n) is 16.6. The van der Waals surface area contributed by atoms with Crippen molar-refractivity contribution in [2.75, 3.05) is 0 Å². The first-order chi connectivity index (χ1) is 13.6.